The molecule has 1 aromatic carbocycles. The number of ketones is 1. The van der Waals surface area contributed by atoms with E-state index in [2.05, 4.69) is 30.1 Å². The fraction of sp³-hybridized carbons (Fsp3) is 0.710. The second-order valence-electron chi connectivity index (χ2n) is 12.2. The van der Waals surface area contributed by atoms with Crippen LogP contribution in [-0.4, -0.2) is 65.2 Å². The monoisotopic (exact) mass is 509 g/mol. The highest BCUT2D eigenvalue weighted by Crippen LogP contribution is 2.31. The van der Waals surface area contributed by atoms with Crippen LogP contribution >= 0.6 is 0 Å². The van der Waals surface area contributed by atoms with E-state index in [4.69, 9.17) is 0 Å². The first-order chi connectivity index (χ1) is 17.7. The summed E-state index contributed by atoms with van der Waals surface area (Å²) >= 11 is 0. The number of benzene rings is 1. The molecule has 1 saturated heterocycles. The first-order valence-corrected chi connectivity index (χ1v) is 14.7. The summed E-state index contributed by atoms with van der Waals surface area (Å²) in [6.07, 6.45) is 9.88. The molecule has 2 saturated carbocycles. The molecule has 204 valence electrons. The molecule has 3 aliphatic rings. The summed E-state index contributed by atoms with van der Waals surface area (Å²) in [5, 5.41) is 3.13. The Morgan fingerprint density at radius 2 is 1.70 bits per heavy atom. The van der Waals surface area contributed by atoms with Crippen molar-refractivity contribution in [2.24, 2.45) is 11.8 Å². The minimum absolute atomic E-state index is 0.101. The van der Waals surface area contributed by atoms with Crippen LogP contribution in [0.15, 0.2) is 24.3 Å². The molecule has 0 bridgehead atoms. The molecule has 37 heavy (non-hydrogen) atoms. The lowest BCUT2D eigenvalue weighted by atomic mass is 9.80. The predicted molar refractivity (Wildman–Crippen MR) is 148 cm³/mol. The van der Waals surface area contributed by atoms with Crippen molar-refractivity contribution in [2.45, 2.75) is 110 Å². The SMILES string of the molecule is CC(C)C(=O)C(NC(=O)c1cccc(C2CCCN(C(=O)CN(C(C)C)C3CC3)C2)c1)C1CCCCC1. The van der Waals surface area contributed by atoms with E-state index in [1.165, 1.54) is 19.3 Å². The average Bonchev–Trinajstić information content (AvgIpc) is 3.75. The van der Waals surface area contributed by atoms with E-state index in [9.17, 15) is 14.4 Å². The Morgan fingerprint density at radius 3 is 2.35 bits per heavy atom. The Hall–Kier alpha value is -2.21. The van der Waals surface area contributed by atoms with Crippen molar-refractivity contribution in [2.75, 3.05) is 19.6 Å². The third-order valence-electron chi connectivity index (χ3n) is 8.67. The van der Waals surface area contributed by atoms with Crippen LogP contribution in [0.4, 0.5) is 0 Å². The highest BCUT2D eigenvalue weighted by molar-refractivity contribution is 5.98. The molecule has 6 nitrogen and oxygen atoms in total. The van der Waals surface area contributed by atoms with Gasteiger partial charge >= 0.3 is 0 Å². The molecule has 2 amide bonds. The van der Waals surface area contributed by atoms with Crippen LogP contribution in [0.25, 0.3) is 0 Å². The number of Topliss-reactive ketones (excluding diaryl/α,β-unsaturated/α-hetero) is 1. The lowest BCUT2D eigenvalue weighted by Gasteiger charge is -2.35. The number of carbonyl (C=O) groups is 3. The highest BCUT2D eigenvalue weighted by Gasteiger charge is 2.35. The zero-order valence-electron chi connectivity index (χ0n) is 23.4. The molecule has 1 aliphatic heterocycles. The van der Waals surface area contributed by atoms with Gasteiger partial charge in [-0.3, -0.25) is 19.3 Å². The maximum Gasteiger partial charge on any atom is 0.251 e. The Morgan fingerprint density at radius 1 is 0.973 bits per heavy atom. The van der Waals surface area contributed by atoms with Gasteiger partial charge in [0.1, 0.15) is 0 Å². The maximum atomic E-state index is 13.4. The molecule has 2 aliphatic carbocycles. The topological polar surface area (TPSA) is 69.7 Å². The van der Waals surface area contributed by atoms with E-state index < -0.39 is 6.04 Å². The second-order valence-corrected chi connectivity index (χ2v) is 12.2. The fourth-order valence-electron chi connectivity index (χ4n) is 6.28. The summed E-state index contributed by atoms with van der Waals surface area (Å²) in [6.45, 7) is 10.2. The van der Waals surface area contributed by atoms with Crippen LogP contribution in [0.1, 0.15) is 107 Å². The average molecular weight is 510 g/mol. The summed E-state index contributed by atoms with van der Waals surface area (Å²) in [6, 6.07) is 8.40. The maximum absolute atomic E-state index is 13.4. The smallest absolute Gasteiger partial charge is 0.251 e. The van der Waals surface area contributed by atoms with Crippen molar-refractivity contribution in [1.29, 1.82) is 0 Å². The quantitative estimate of drug-likeness (QED) is 0.472. The Balaban J connectivity index is 1.42. The van der Waals surface area contributed by atoms with Crippen LogP contribution < -0.4 is 5.32 Å². The molecule has 0 aromatic heterocycles. The summed E-state index contributed by atoms with van der Waals surface area (Å²) in [4.78, 5) is 43.9. The normalized spacial score (nSPS) is 21.9. The van der Waals surface area contributed by atoms with Crippen LogP contribution in [-0.2, 0) is 9.59 Å². The molecular formula is C31H47N3O3. The Labute approximate surface area is 223 Å². The van der Waals surface area contributed by atoms with Crippen molar-refractivity contribution in [1.82, 2.24) is 15.1 Å². The van der Waals surface area contributed by atoms with Gasteiger partial charge in [0.05, 0.1) is 12.6 Å². The van der Waals surface area contributed by atoms with Crippen LogP contribution in [0.2, 0.25) is 0 Å². The van der Waals surface area contributed by atoms with Gasteiger partial charge in [-0.2, -0.15) is 0 Å². The molecule has 1 heterocycles. The number of nitrogens with zero attached hydrogens (tertiary/aromatic N) is 2. The van der Waals surface area contributed by atoms with E-state index in [1.807, 2.05) is 36.9 Å². The van der Waals surface area contributed by atoms with Gasteiger partial charge < -0.3 is 10.2 Å². The van der Waals surface area contributed by atoms with E-state index >= 15 is 0 Å². The number of rotatable bonds is 10. The van der Waals surface area contributed by atoms with Crippen LogP contribution in [0.5, 0.6) is 0 Å². The van der Waals surface area contributed by atoms with Gasteiger partial charge in [0.2, 0.25) is 5.91 Å². The second kappa shape index (κ2) is 12.6. The van der Waals surface area contributed by atoms with Crippen molar-refractivity contribution < 1.29 is 14.4 Å². The molecule has 2 atom stereocenters. The van der Waals surface area contributed by atoms with Crippen molar-refractivity contribution in [3.05, 3.63) is 35.4 Å². The molecule has 4 rings (SSSR count). The van der Waals surface area contributed by atoms with Gasteiger partial charge in [0.15, 0.2) is 5.78 Å². The van der Waals surface area contributed by atoms with Gasteiger partial charge in [0.25, 0.3) is 5.91 Å². The summed E-state index contributed by atoms with van der Waals surface area (Å²) in [5.41, 5.74) is 1.72. The number of piperidine rings is 1. The minimum Gasteiger partial charge on any atom is -0.342 e. The molecule has 1 N–H and O–H groups in total. The van der Waals surface area contributed by atoms with E-state index in [0.717, 1.165) is 50.6 Å². The first kappa shape index (κ1) is 27.8. The first-order valence-electron chi connectivity index (χ1n) is 14.7. The van der Waals surface area contributed by atoms with E-state index in [-0.39, 0.29) is 35.4 Å². The van der Waals surface area contributed by atoms with Crippen molar-refractivity contribution >= 4 is 17.6 Å². The summed E-state index contributed by atoms with van der Waals surface area (Å²) < 4.78 is 0. The summed E-state index contributed by atoms with van der Waals surface area (Å²) in [5.74, 6) is 0.560. The number of hydrogen-bond acceptors (Lipinski definition) is 4. The van der Waals surface area contributed by atoms with E-state index in [0.29, 0.717) is 30.7 Å². The predicted octanol–water partition coefficient (Wildman–Crippen LogP) is 5.17. The van der Waals surface area contributed by atoms with Gasteiger partial charge in [-0.25, -0.2) is 0 Å². The molecule has 2 unspecified atom stereocenters. The number of nitrogens with one attached hydrogen (secondary N) is 1. The fourth-order valence-corrected chi connectivity index (χ4v) is 6.28. The van der Waals surface area contributed by atoms with Crippen LogP contribution in [0.3, 0.4) is 0 Å². The highest BCUT2D eigenvalue weighted by atomic mass is 16.2. The number of amides is 2. The van der Waals surface area contributed by atoms with Crippen LogP contribution in [0, 0.1) is 11.8 Å². The van der Waals surface area contributed by atoms with Gasteiger partial charge in [-0.15, -0.1) is 0 Å². The number of likely N-dealkylation sites (tertiary alicyclic amines) is 1. The molecular weight excluding hydrogens is 462 g/mol. The van der Waals surface area contributed by atoms with Crippen molar-refractivity contribution in [3.63, 3.8) is 0 Å². The van der Waals surface area contributed by atoms with E-state index in [1.54, 1.807) is 0 Å². The standard InChI is InChI=1S/C31H47N3O3/c1-21(2)30(36)29(23-10-6-5-7-11-23)32-31(37)25-13-8-12-24(18-25)26-14-9-17-33(19-26)28(35)20-34(22(3)4)27-15-16-27/h8,12-13,18,21-23,26-27,29H,5-7,9-11,14-17,19-20H2,1-4H3,(H,32,37). The number of carbonyl (C=O) groups excluding carboxylic acids is 3. The Kier molecular flexibility index (Phi) is 9.44. The van der Waals surface area contributed by atoms with Crippen molar-refractivity contribution in [3.8, 4) is 0 Å². The molecule has 0 spiro atoms. The molecule has 6 heteroatoms. The lowest BCUT2D eigenvalue weighted by molar-refractivity contribution is -0.134. The Bertz CT molecular complexity index is 947. The molecule has 0 radical (unpaired) electrons. The zero-order valence-corrected chi connectivity index (χ0v) is 23.4. The number of hydrogen-bond donors (Lipinski definition) is 1. The largest absolute Gasteiger partial charge is 0.342 e. The lowest BCUT2D eigenvalue weighted by Crippen LogP contribution is -2.48. The zero-order chi connectivity index (χ0) is 26.5. The third-order valence-corrected chi connectivity index (χ3v) is 8.67. The third kappa shape index (κ3) is 7.22. The van der Waals surface area contributed by atoms with Gasteiger partial charge in [0, 0.05) is 42.6 Å². The van der Waals surface area contributed by atoms with Gasteiger partial charge in [-0.05, 0) is 76.0 Å². The molecule has 3 fully saturated rings. The molecule has 1 aromatic rings. The van der Waals surface area contributed by atoms with Gasteiger partial charge in [-0.1, -0.05) is 45.2 Å². The minimum atomic E-state index is -0.408. The summed E-state index contributed by atoms with van der Waals surface area (Å²) in [7, 11) is 0.